The van der Waals surface area contributed by atoms with Crippen LogP contribution in [0.15, 0.2) is 107 Å². The van der Waals surface area contributed by atoms with Gasteiger partial charge in [-0.15, -0.1) is 0 Å². The normalized spacial score (nSPS) is 11.2. The van der Waals surface area contributed by atoms with Gasteiger partial charge >= 0.3 is 225 Å². The Bertz CT molecular complexity index is 1120. The summed E-state index contributed by atoms with van der Waals surface area (Å²) in [7, 11) is 0. The zero-order valence-corrected chi connectivity index (χ0v) is 26.6. The van der Waals surface area contributed by atoms with Crippen LogP contribution in [0.3, 0.4) is 0 Å². The third kappa shape index (κ3) is 6.80. The molecule has 0 atom stereocenters. The van der Waals surface area contributed by atoms with Crippen molar-refractivity contribution in [2.24, 2.45) is 9.98 Å². The fraction of sp³-hybridized carbons (Fsp3) is 0. The first-order chi connectivity index (χ1) is 15.2. The van der Waals surface area contributed by atoms with Crippen LogP contribution < -0.4 is 6.14 Å². The Balaban J connectivity index is 1.57. The van der Waals surface area contributed by atoms with Gasteiger partial charge in [-0.1, -0.05) is 0 Å². The summed E-state index contributed by atoms with van der Waals surface area (Å²) in [5, 5.41) is 0. The van der Waals surface area contributed by atoms with Crippen LogP contribution in [0, 0.1) is 7.14 Å². The van der Waals surface area contributed by atoms with E-state index in [1.807, 2.05) is 12.4 Å². The monoisotopic (exact) mass is 814 g/mol. The Hall–Kier alpha value is -1.38. The van der Waals surface area contributed by atoms with Crippen LogP contribution in [0.2, 0.25) is 0 Å². The molecule has 4 aromatic carbocycles. The quantitative estimate of drug-likeness (QED) is 0.122. The van der Waals surface area contributed by atoms with Gasteiger partial charge in [-0.3, -0.25) is 0 Å². The molecular weight excluding hydrogens is 795 g/mol. The maximum atomic E-state index is 4.71. The molecule has 0 heterocycles. The molecule has 0 aliphatic heterocycles. The van der Waals surface area contributed by atoms with Crippen molar-refractivity contribution in [3.8, 4) is 0 Å². The van der Waals surface area contributed by atoms with E-state index in [1.165, 1.54) is 24.4 Å². The Morgan fingerprint density at radius 2 is 0.903 bits per heavy atom. The minimum absolute atomic E-state index is 0.983. The first kappa shape index (κ1) is 22.8. The summed E-state index contributed by atoms with van der Waals surface area (Å²) in [5.74, 6) is 0. The van der Waals surface area contributed by atoms with E-state index in [1.54, 1.807) is 0 Å². The molecule has 0 fully saturated rings. The van der Waals surface area contributed by atoms with E-state index >= 15 is 0 Å². The van der Waals surface area contributed by atoms with Crippen molar-refractivity contribution >= 4 is 75.1 Å². The second-order valence-corrected chi connectivity index (χ2v) is 16.8. The molecule has 4 rings (SSSR count). The first-order valence-electron chi connectivity index (χ1n) is 9.92. The van der Waals surface area contributed by atoms with Crippen molar-refractivity contribution in [3.63, 3.8) is 0 Å². The summed E-state index contributed by atoms with van der Waals surface area (Å²) in [6.45, 7) is 0. The number of hydrogen-bond acceptors (Lipinski definition) is 2. The van der Waals surface area contributed by atoms with Crippen LogP contribution in [0.5, 0.6) is 0 Å². The topological polar surface area (TPSA) is 24.7 Å². The average Bonchev–Trinajstić information content (AvgIpc) is 2.80. The van der Waals surface area contributed by atoms with Gasteiger partial charge in [0.25, 0.3) is 0 Å². The van der Waals surface area contributed by atoms with Crippen molar-refractivity contribution in [2.75, 3.05) is 0 Å². The second-order valence-electron chi connectivity index (χ2n) is 7.04. The molecule has 31 heavy (non-hydrogen) atoms. The van der Waals surface area contributed by atoms with Gasteiger partial charge in [-0.2, -0.15) is 0 Å². The Labute approximate surface area is 222 Å². The van der Waals surface area contributed by atoms with E-state index < -0.39 is 24.6 Å². The molecular formula is C26H18HgI2N2. The van der Waals surface area contributed by atoms with E-state index in [4.69, 9.17) is 9.98 Å². The zero-order valence-electron chi connectivity index (χ0n) is 16.7. The third-order valence-electron chi connectivity index (χ3n) is 4.85. The number of benzene rings is 4. The summed E-state index contributed by atoms with van der Waals surface area (Å²) in [5.41, 5.74) is 4.42. The average molecular weight is 813 g/mol. The molecule has 0 saturated carbocycles. The minimum atomic E-state index is -1.60. The molecule has 0 amide bonds. The van der Waals surface area contributed by atoms with E-state index in [9.17, 15) is 0 Å². The number of hydrogen-bond donors (Lipinski definition) is 0. The summed E-state index contributed by atoms with van der Waals surface area (Å²) in [4.78, 5) is 9.41. The van der Waals surface area contributed by atoms with Gasteiger partial charge in [0.05, 0.1) is 0 Å². The van der Waals surface area contributed by atoms with Gasteiger partial charge in [0.1, 0.15) is 0 Å². The summed E-state index contributed by atoms with van der Waals surface area (Å²) >= 11 is 3.03. The predicted octanol–water partition coefficient (Wildman–Crippen LogP) is 6.43. The maximum absolute atomic E-state index is 4.71. The predicted molar refractivity (Wildman–Crippen MR) is 145 cm³/mol. The molecule has 0 unspecified atom stereocenters. The van der Waals surface area contributed by atoms with E-state index in [-0.39, 0.29) is 0 Å². The van der Waals surface area contributed by atoms with Gasteiger partial charge < -0.3 is 0 Å². The standard InChI is InChI=1S/2C13H9IN.Hg/c2*14-12-6-8-13(9-7-12)15-10-11-4-2-1-3-5-11;/h2*1-4,6-10H;. The molecule has 0 N–H and O–H groups in total. The Kier molecular flexibility index (Phi) is 8.44. The van der Waals surface area contributed by atoms with Gasteiger partial charge in [0.15, 0.2) is 0 Å². The fourth-order valence-electron chi connectivity index (χ4n) is 3.19. The summed E-state index contributed by atoms with van der Waals surface area (Å²) in [6, 6.07) is 33.9. The van der Waals surface area contributed by atoms with Crippen LogP contribution >= 0.6 is 45.2 Å². The molecule has 0 saturated heterocycles. The van der Waals surface area contributed by atoms with Gasteiger partial charge in [0, 0.05) is 0 Å². The van der Waals surface area contributed by atoms with Crippen molar-refractivity contribution in [1.82, 2.24) is 0 Å². The second kappa shape index (κ2) is 11.5. The molecule has 2 nitrogen and oxygen atoms in total. The van der Waals surface area contributed by atoms with Crippen LogP contribution in [-0.4, -0.2) is 12.4 Å². The van der Waals surface area contributed by atoms with Gasteiger partial charge in [-0.25, -0.2) is 0 Å². The van der Waals surface area contributed by atoms with E-state index in [2.05, 4.69) is 142 Å². The van der Waals surface area contributed by atoms with E-state index in [0.717, 1.165) is 11.4 Å². The van der Waals surface area contributed by atoms with Crippen LogP contribution in [0.25, 0.3) is 0 Å². The number of rotatable bonds is 6. The van der Waals surface area contributed by atoms with E-state index in [0.29, 0.717) is 0 Å². The Morgan fingerprint density at radius 3 is 1.32 bits per heavy atom. The zero-order chi connectivity index (χ0) is 21.5. The van der Waals surface area contributed by atoms with Crippen molar-refractivity contribution < 1.29 is 24.6 Å². The molecule has 148 valence electrons. The molecule has 5 heteroatoms. The molecule has 0 aliphatic rings. The Morgan fingerprint density at radius 1 is 0.516 bits per heavy atom. The summed E-state index contributed by atoms with van der Waals surface area (Å²) < 4.78 is 5.37. The van der Waals surface area contributed by atoms with Crippen molar-refractivity contribution in [3.05, 3.63) is 115 Å². The van der Waals surface area contributed by atoms with Gasteiger partial charge in [-0.05, 0) is 0 Å². The molecule has 0 aromatic heterocycles. The molecule has 0 radical (unpaired) electrons. The third-order valence-corrected chi connectivity index (χ3v) is 14.3. The summed E-state index contributed by atoms with van der Waals surface area (Å²) in [6.07, 6.45) is 4.03. The number of aliphatic imine (C=N–C) groups is 2. The number of halogens is 2. The molecule has 0 aliphatic carbocycles. The first-order valence-corrected chi connectivity index (χ1v) is 17.6. The van der Waals surface area contributed by atoms with Crippen LogP contribution in [-0.2, 0) is 24.6 Å². The van der Waals surface area contributed by atoms with Crippen LogP contribution in [0.1, 0.15) is 11.1 Å². The molecule has 0 spiro atoms. The van der Waals surface area contributed by atoms with Gasteiger partial charge in [0.2, 0.25) is 0 Å². The SMILES string of the molecule is Ic1ccc(N=Cc2cccc[c]2[Hg][c]2ccccc2C=Nc2ccc(I)cc2)cc1. The van der Waals surface area contributed by atoms with Crippen LogP contribution in [0.4, 0.5) is 11.4 Å². The van der Waals surface area contributed by atoms with Crippen molar-refractivity contribution in [2.45, 2.75) is 0 Å². The van der Waals surface area contributed by atoms with Crippen molar-refractivity contribution in [1.29, 1.82) is 0 Å². The molecule has 4 aromatic rings. The number of nitrogens with zero attached hydrogens (tertiary/aromatic N) is 2. The molecule has 0 bridgehead atoms. The fourth-order valence-corrected chi connectivity index (χ4v) is 10.7.